The first-order valence-electron chi connectivity index (χ1n) is 17.7. The van der Waals surface area contributed by atoms with E-state index in [0.717, 1.165) is 67.1 Å². The summed E-state index contributed by atoms with van der Waals surface area (Å²) < 4.78 is 2.11. The molecule has 0 saturated carbocycles. The maximum absolute atomic E-state index is 11.0. The van der Waals surface area contributed by atoms with Crippen molar-refractivity contribution < 1.29 is 5.11 Å². The lowest BCUT2D eigenvalue weighted by Gasteiger charge is -2.13. The molecule has 0 aliphatic heterocycles. The quantitative estimate of drug-likeness (QED) is 0.182. The summed E-state index contributed by atoms with van der Waals surface area (Å²) in [5.74, 6) is 0.729. The predicted octanol–water partition coefficient (Wildman–Crippen LogP) is 11.8. The molecule has 0 saturated heterocycles. The minimum atomic E-state index is 0.0821. The van der Waals surface area contributed by atoms with E-state index in [1.165, 1.54) is 17.3 Å². The Morgan fingerprint density at radius 3 is 1.79 bits per heavy atom. The largest absolute Gasteiger partial charge is 0.506 e. The Bertz CT molecular complexity index is 2720. The number of nitrogens with zero attached hydrogens (tertiary/aromatic N) is 4. The topological polar surface area (TPSA) is 63.8 Å². The Kier molecular flexibility index (Phi) is 8.14. The molecule has 3 aromatic heterocycles. The maximum atomic E-state index is 11.0. The van der Waals surface area contributed by atoms with Gasteiger partial charge in [0.1, 0.15) is 11.6 Å². The molecule has 252 valence electrons. The second-order valence-corrected chi connectivity index (χ2v) is 13.2. The van der Waals surface area contributed by atoms with E-state index < -0.39 is 0 Å². The molecule has 0 aliphatic carbocycles. The second-order valence-electron chi connectivity index (χ2n) is 13.2. The normalized spacial score (nSPS) is 11.2. The third kappa shape index (κ3) is 6.15. The average molecular weight is 683 g/mol. The van der Waals surface area contributed by atoms with E-state index in [1.54, 1.807) is 0 Å². The number of hydrogen-bond acceptors (Lipinski definition) is 4. The molecule has 0 spiro atoms. The third-order valence-electron chi connectivity index (χ3n) is 9.69. The van der Waals surface area contributed by atoms with Crippen molar-refractivity contribution in [3.63, 3.8) is 0 Å². The van der Waals surface area contributed by atoms with Crippen LogP contribution >= 0.6 is 0 Å². The summed E-state index contributed by atoms with van der Waals surface area (Å²) in [4.78, 5) is 14.5. The molecule has 3 heterocycles. The Hall–Kier alpha value is -7.11. The first kappa shape index (κ1) is 31.8. The van der Waals surface area contributed by atoms with E-state index in [1.807, 2.05) is 49.5 Å². The van der Waals surface area contributed by atoms with Crippen LogP contribution in [-0.4, -0.2) is 24.6 Å². The molecule has 0 unspecified atom stereocenters. The van der Waals surface area contributed by atoms with Crippen LogP contribution in [0.4, 0.5) is 0 Å². The molecule has 0 atom stereocenters. The number of para-hydroxylation sites is 2. The van der Waals surface area contributed by atoms with Crippen LogP contribution in [0, 0.1) is 6.92 Å². The first-order chi connectivity index (χ1) is 26.1. The molecule has 0 fully saturated rings. The van der Waals surface area contributed by atoms with Crippen LogP contribution in [-0.2, 0) is 0 Å². The van der Waals surface area contributed by atoms with Crippen molar-refractivity contribution in [3.8, 4) is 78.6 Å². The van der Waals surface area contributed by atoms with Gasteiger partial charge in [-0.15, -0.1) is 0 Å². The zero-order chi connectivity index (χ0) is 35.7. The number of aromatic hydroxyl groups is 1. The van der Waals surface area contributed by atoms with Crippen LogP contribution in [0.3, 0.4) is 0 Å². The zero-order valence-corrected chi connectivity index (χ0v) is 29.1. The van der Waals surface area contributed by atoms with Gasteiger partial charge in [0, 0.05) is 28.7 Å². The molecular weight excluding hydrogens is 649 g/mol. The summed E-state index contributed by atoms with van der Waals surface area (Å²) >= 11 is 0. The molecule has 5 nitrogen and oxygen atoms in total. The van der Waals surface area contributed by atoms with Crippen molar-refractivity contribution >= 4 is 11.0 Å². The van der Waals surface area contributed by atoms with Crippen molar-refractivity contribution in [1.82, 2.24) is 19.5 Å². The fourth-order valence-corrected chi connectivity index (χ4v) is 7.06. The number of benzene rings is 6. The number of fused-ring (bicyclic) bond motifs is 1. The highest BCUT2D eigenvalue weighted by Crippen LogP contribution is 2.40. The van der Waals surface area contributed by atoms with Crippen LogP contribution in [0.2, 0.25) is 0 Å². The number of hydrogen-bond donors (Lipinski definition) is 1. The Labute approximate surface area is 308 Å². The lowest BCUT2D eigenvalue weighted by molar-refractivity contribution is 0.474. The van der Waals surface area contributed by atoms with Crippen LogP contribution in [0.5, 0.6) is 5.75 Å². The van der Waals surface area contributed by atoms with Gasteiger partial charge >= 0.3 is 0 Å². The fourth-order valence-electron chi connectivity index (χ4n) is 7.06. The fraction of sp³-hybridized carbons (Fsp3) is 0.0208. The van der Waals surface area contributed by atoms with Crippen LogP contribution < -0.4 is 0 Å². The molecular formula is C48H34N4O. The number of aromatic nitrogens is 4. The molecule has 9 rings (SSSR count). The van der Waals surface area contributed by atoms with Gasteiger partial charge in [0.2, 0.25) is 0 Å². The van der Waals surface area contributed by atoms with Crippen LogP contribution in [0.15, 0.2) is 182 Å². The molecule has 6 aromatic carbocycles. The van der Waals surface area contributed by atoms with Gasteiger partial charge in [0.15, 0.2) is 0 Å². The summed E-state index contributed by atoms with van der Waals surface area (Å²) in [5.41, 5.74) is 14.8. The van der Waals surface area contributed by atoms with Crippen molar-refractivity contribution in [2.45, 2.75) is 6.92 Å². The molecule has 0 aliphatic rings. The van der Waals surface area contributed by atoms with Gasteiger partial charge < -0.3 is 5.11 Å². The standard InChI is InChI=1S/C48H34N4O/c1-32-26-43(46(53)31-50-32)48-51-47-42(18-11-19-45(47)52(48)41-16-9-4-10-17-41)39-27-38(34-14-7-3-8-15-34)28-40(29-39)44-30-37(24-25-49-44)36-22-20-35(21-23-36)33-12-5-2-6-13-33/h2-31,53H,1H3. The number of rotatable bonds is 7. The monoisotopic (exact) mass is 682 g/mol. The third-order valence-corrected chi connectivity index (χ3v) is 9.69. The van der Waals surface area contributed by atoms with Gasteiger partial charge in [-0.1, -0.05) is 115 Å². The highest BCUT2D eigenvalue weighted by Gasteiger charge is 2.21. The van der Waals surface area contributed by atoms with Gasteiger partial charge in [0.25, 0.3) is 0 Å². The summed E-state index contributed by atoms with van der Waals surface area (Å²) in [7, 11) is 0. The smallest absolute Gasteiger partial charge is 0.149 e. The number of pyridine rings is 2. The minimum absolute atomic E-state index is 0.0821. The van der Waals surface area contributed by atoms with E-state index >= 15 is 0 Å². The van der Waals surface area contributed by atoms with E-state index in [0.29, 0.717) is 11.4 Å². The lowest BCUT2D eigenvalue weighted by atomic mass is 9.93. The average Bonchev–Trinajstić information content (AvgIpc) is 3.62. The highest BCUT2D eigenvalue weighted by molar-refractivity contribution is 5.97. The molecule has 0 radical (unpaired) electrons. The van der Waals surface area contributed by atoms with Gasteiger partial charge in [0.05, 0.1) is 28.5 Å². The zero-order valence-electron chi connectivity index (χ0n) is 29.1. The molecule has 1 N–H and O–H groups in total. The van der Waals surface area contributed by atoms with Crippen LogP contribution in [0.1, 0.15) is 5.69 Å². The molecule has 5 heteroatoms. The Balaban J connectivity index is 1.21. The SMILES string of the molecule is Cc1cc(-c2nc3c(-c4cc(-c5ccccc5)cc(-c5cc(-c6ccc(-c7ccccc7)cc6)ccn5)c4)cccc3n2-c2ccccc2)c(O)cn1. The Morgan fingerprint density at radius 2 is 1.08 bits per heavy atom. The van der Waals surface area contributed by atoms with Crippen molar-refractivity contribution in [3.05, 3.63) is 188 Å². The lowest BCUT2D eigenvalue weighted by Crippen LogP contribution is -1.98. The first-order valence-corrected chi connectivity index (χ1v) is 17.7. The molecule has 9 aromatic rings. The second kappa shape index (κ2) is 13.5. The number of aryl methyl sites for hydroxylation is 1. The summed E-state index contributed by atoms with van der Waals surface area (Å²) in [6, 6.07) is 58.8. The predicted molar refractivity (Wildman–Crippen MR) is 216 cm³/mol. The maximum Gasteiger partial charge on any atom is 0.149 e. The van der Waals surface area contributed by atoms with Crippen LogP contribution in [0.25, 0.3) is 83.9 Å². The van der Waals surface area contributed by atoms with E-state index in [2.05, 4.69) is 143 Å². The van der Waals surface area contributed by atoms with E-state index in [9.17, 15) is 5.11 Å². The molecule has 53 heavy (non-hydrogen) atoms. The summed E-state index contributed by atoms with van der Waals surface area (Å²) in [5, 5.41) is 11.0. The van der Waals surface area contributed by atoms with E-state index in [-0.39, 0.29) is 5.75 Å². The van der Waals surface area contributed by atoms with Gasteiger partial charge in [-0.2, -0.15) is 0 Å². The minimum Gasteiger partial charge on any atom is -0.506 e. The summed E-state index contributed by atoms with van der Waals surface area (Å²) in [6.07, 6.45) is 3.39. The molecule has 0 bridgehead atoms. The van der Waals surface area contributed by atoms with Gasteiger partial charge in [-0.05, 0) is 100 Å². The molecule has 0 amide bonds. The summed E-state index contributed by atoms with van der Waals surface area (Å²) in [6.45, 7) is 1.92. The highest BCUT2D eigenvalue weighted by atomic mass is 16.3. The van der Waals surface area contributed by atoms with Gasteiger partial charge in [-0.25, -0.2) is 4.98 Å². The van der Waals surface area contributed by atoms with Crippen molar-refractivity contribution in [2.75, 3.05) is 0 Å². The van der Waals surface area contributed by atoms with Crippen molar-refractivity contribution in [1.29, 1.82) is 0 Å². The van der Waals surface area contributed by atoms with Gasteiger partial charge in [-0.3, -0.25) is 14.5 Å². The number of imidazole rings is 1. The van der Waals surface area contributed by atoms with E-state index in [4.69, 9.17) is 9.97 Å². The van der Waals surface area contributed by atoms with Crippen molar-refractivity contribution in [2.24, 2.45) is 0 Å². The Morgan fingerprint density at radius 1 is 0.472 bits per heavy atom.